The van der Waals surface area contributed by atoms with E-state index >= 15 is 0 Å². The molecule has 1 nitrogen and oxygen atoms in total. The summed E-state index contributed by atoms with van der Waals surface area (Å²) in [5.41, 5.74) is 8.32. The lowest BCUT2D eigenvalue weighted by atomic mass is 10.0. The molecule has 36 heavy (non-hydrogen) atoms. The molecule has 1 atom stereocenters. The summed E-state index contributed by atoms with van der Waals surface area (Å²) in [6.07, 6.45) is 9.01. The Morgan fingerprint density at radius 1 is 0.722 bits per heavy atom. The van der Waals surface area contributed by atoms with Crippen molar-refractivity contribution in [3.63, 3.8) is 0 Å². The zero-order valence-corrected chi connectivity index (χ0v) is 21.3. The van der Waals surface area contributed by atoms with Crippen LogP contribution in [-0.4, -0.2) is 6.04 Å². The second kappa shape index (κ2) is 12.8. The van der Waals surface area contributed by atoms with Crippen molar-refractivity contribution in [2.45, 2.75) is 25.3 Å². The van der Waals surface area contributed by atoms with Crippen LogP contribution >= 0.6 is 11.6 Å². The molecule has 4 aromatic rings. The first kappa shape index (κ1) is 25.3. The molecule has 4 rings (SSSR count). The van der Waals surface area contributed by atoms with Gasteiger partial charge in [-0.1, -0.05) is 121 Å². The molecule has 1 unspecified atom stereocenters. The molecule has 0 fully saturated rings. The molecule has 0 radical (unpaired) electrons. The molecule has 0 spiro atoms. The predicted molar refractivity (Wildman–Crippen MR) is 156 cm³/mol. The second-order valence-corrected chi connectivity index (χ2v) is 9.42. The highest BCUT2D eigenvalue weighted by Gasteiger charge is 2.06. The molecule has 0 amide bonds. The van der Waals surface area contributed by atoms with Gasteiger partial charge in [0.1, 0.15) is 0 Å². The molecule has 0 heterocycles. The number of benzene rings is 4. The summed E-state index contributed by atoms with van der Waals surface area (Å²) in [5.74, 6) is 0. The Morgan fingerprint density at radius 3 is 1.89 bits per heavy atom. The maximum Gasteiger partial charge on any atom is 0.0481 e. The first-order valence-corrected chi connectivity index (χ1v) is 12.7. The van der Waals surface area contributed by atoms with Crippen molar-refractivity contribution in [2.24, 2.45) is 0 Å². The number of rotatable bonds is 11. The third-order valence-corrected chi connectivity index (χ3v) is 6.50. The summed E-state index contributed by atoms with van der Waals surface area (Å²) in [6, 6.07) is 36.0. The van der Waals surface area contributed by atoms with E-state index in [4.69, 9.17) is 11.6 Å². The van der Waals surface area contributed by atoms with Gasteiger partial charge < -0.3 is 5.32 Å². The normalized spacial score (nSPS) is 11.8. The Morgan fingerprint density at radius 2 is 1.28 bits per heavy atom. The Kier molecular flexibility index (Phi) is 8.97. The monoisotopic (exact) mass is 489 g/mol. The lowest BCUT2D eigenvalue weighted by Crippen LogP contribution is -2.27. The van der Waals surface area contributed by atoms with E-state index in [-0.39, 0.29) is 6.04 Å². The average molecular weight is 490 g/mol. The van der Waals surface area contributed by atoms with E-state index in [0.29, 0.717) is 0 Å². The van der Waals surface area contributed by atoms with Gasteiger partial charge in [-0.05, 0) is 70.9 Å². The lowest BCUT2D eigenvalue weighted by Gasteiger charge is -2.16. The third kappa shape index (κ3) is 7.60. The van der Waals surface area contributed by atoms with Crippen LogP contribution in [0.25, 0.3) is 17.2 Å². The topological polar surface area (TPSA) is 12.0 Å². The van der Waals surface area contributed by atoms with E-state index in [1.807, 2.05) is 36.4 Å². The standard InChI is InChI=1S/C34H32ClN/c1-3-34(25-30-15-13-29(14-16-30)12-11-27-7-5-4-6-8-27)36-26(2)9-10-28-17-19-31(20-18-28)32-21-23-33(35)24-22-32/h3-10,13-24,34,36H,1-2,11-12,25H2/b10-9+. The Bertz CT molecular complexity index is 1280. The number of allylic oxidation sites excluding steroid dienone is 1. The fourth-order valence-corrected chi connectivity index (χ4v) is 4.26. The molecule has 2 heteroatoms. The number of hydrogen-bond donors (Lipinski definition) is 1. The minimum Gasteiger partial charge on any atom is -0.379 e. The SMILES string of the molecule is C=CC(Cc1ccc(CCc2ccccc2)cc1)NC(=C)/C=C/c1ccc(-c2ccc(Cl)cc2)cc1. The van der Waals surface area contributed by atoms with Crippen LogP contribution < -0.4 is 5.32 Å². The van der Waals surface area contributed by atoms with Crippen molar-refractivity contribution in [3.8, 4) is 11.1 Å². The fourth-order valence-electron chi connectivity index (χ4n) is 4.13. The summed E-state index contributed by atoms with van der Waals surface area (Å²) in [5, 5.41) is 4.23. The van der Waals surface area contributed by atoms with Crippen LogP contribution in [0.5, 0.6) is 0 Å². The van der Waals surface area contributed by atoms with E-state index < -0.39 is 0 Å². The largest absolute Gasteiger partial charge is 0.379 e. The molecule has 1 N–H and O–H groups in total. The number of hydrogen-bond acceptors (Lipinski definition) is 1. The highest BCUT2D eigenvalue weighted by atomic mass is 35.5. The highest BCUT2D eigenvalue weighted by Crippen LogP contribution is 2.22. The first-order chi connectivity index (χ1) is 17.6. The van der Waals surface area contributed by atoms with E-state index in [9.17, 15) is 0 Å². The van der Waals surface area contributed by atoms with Crippen molar-refractivity contribution in [2.75, 3.05) is 0 Å². The summed E-state index contributed by atoms with van der Waals surface area (Å²) in [4.78, 5) is 0. The van der Waals surface area contributed by atoms with Crippen molar-refractivity contribution in [1.82, 2.24) is 5.32 Å². The van der Waals surface area contributed by atoms with Crippen LogP contribution in [0.3, 0.4) is 0 Å². The molecule has 0 aliphatic carbocycles. The molecule has 0 bridgehead atoms. The molecule has 0 aromatic heterocycles. The smallest absolute Gasteiger partial charge is 0.0481 e. The summed E-state index contributed by atoms with van der Waals surface area (Å²) < 4.78 is 0. The number of nitrogens with one attached hydrogen (secondary N) is 1. The molecule has 0 aliphatic heterocycles. The average Bonchev–Trinajstić information content (AvgIpc) is 2.92. The minimum atomic E-state index is 0.115. The quantitative estimate of drug-likeness (QED) is 0.164. The van der Waals surface area contributed by atoms with Crippen LogP contribution in [0.2, 0.25) is 5.02 Å². The molecule has 0 saturated carbocycles. The van der Waals surface area contributed by atoms with Gasteiger partial charge in [-0.25, -0.2) is 0 Å². The van der Waals surface area contributed by atoms with Crippen LogP contribution in [0.4, 0.5) is 0 Å². The zero-order chi connectivity index (χ0) is 25.2. The Hall–Kier alpha value is -3.81. The fraction of sp³-hybridized carbons (Fsp3) is 0.118. The van der Waals surface area contributed by atoms with Crippen molar-refractivity contribution < 1.29 is 0 Å². The Balaban J connectivity index is 1.27. The first-order valence-electron chi connectivity index (χ1n) is 12.3. The molecule has 180 valence electrons. The van der Waals surface area contributed by atoms with Gasteiger partial charge in [0.15, 0.2) is 0 Å². The van der Waals surface area contributed by atoms with Gasteiger partial charge in [-0.15, -0.1) is 6.58 Å². The van der Waals surface area contributed by atoms with Gasteiger partial charge in [0.25, 0.3) is 0 Å². The van der Waals surface area contributed by atoms with E-state index in [1.165, 1.54) is 22.3 Å². The molecular weight excluding hydrogens is 458 g/mol. The number of halogens is 1. The van der Waals surface area contributed by atoms with Crippen LogP contribution in [-0.2, 0) is 19.3 Å². The summed E-state index contributed by atoms with van der Waals surface area (Å²) in [7, 11) is 0. The molecule has 0 aliphatic rings. The minimum absolute atomic E-state index is 0.115. The van der Waals surface area contributed by atoms with Crippen molar-refractivity contribution in [3.05, 3.63) is 161 Å². The molecule has 0 saturated heterocycles. The van der Waals surface area contributed by atoms with Crippen molar-refractivity contribution >= 4 is 17.7 Å². The van der Waals surface area contributed by atoms with Gasteiger partial charge in [0.2, 0.25) is 0 Å². The van der Waals surface area contributed by atoms with Crippen LogP contribution in [0.1, 0.15) is 22.3 Å². The predicted octanol–water partition coefficient (Wildman–Crippen LogP) is 8.71. The van der Waals surface area contributed by atoms with Gasteiger partial charge in [-0.2, -0.15) is 0 Å². The zero-order valence-electron chi connectivity index (χ0n) is 20.5. The van der Waals surface area contributed by atoms with Gasteiger partial charge >= 0.3 is 0 Å². The molecule has 4 aromatic carbocycles. The van der Waals surface area contributed by atoms with Crippen molar-refractivity contribution in [1.29, 1.82) is 0 Å². The lowest BCUT2D eigenvalue weighted by molar-refractivity contribution is 0.679. The van der Waals surface area contributed by atoms with E-state index in [1.54, 1.807) is 0 Å². The summed E-state index contributed by atoms with van der Waals surface area (Å²) >= 11 is 5.99. The van der Waals surface area contributed by atoms with Crippen LogP contribution in [0.15, 0.2) is 134 Å². The van der Waals surface area contributed by atoms with Gasteiger partial charge in [-0.3, -0.25) is 0 Å². The third-order valence-electron chi connectivity index (χ3n) is 6.24. The number of aryl methyl sites for hydroxylation is 2. The van der Waals surface area contributed by atoms with Gasteiger partial charge in [0, 0.05) is 16.8 Å². The van der Waals surface area contributed by atoms with E-state index in [2.05, 4.69) is 103 Å². The molecular formula is C34H32ClN. The maximum atomic E-state index is 5.99. The summed E-state index contributed by atoms with van der Waals surface area (Å²) in [6.45, 7) is 8.20. The van der Waals surface area contributed by atoms with Crippen LogP contribution in [0, 0.1) is 0 Å². The Labute approximate surface area is 220 Å². The highest BCUT2D eigenvalue weighted by molar-refractivity contribution is 6.30. The maximum absolute atomic E-state index is 5.99. The van der Waals surface area contributed by atoms with Gasteiger partial charge in [0.05, 0.1) is 0 Å². The van der Waals surface area contributed by atoms with E-state index in [0.717, 1.165) is 41.1 Å². The second-order valence-electron chi connectivity index (χ2n) is 8.98.